The maximum Gasteiger partial charge on any atom is 0.266 e. The molecular formula is C17H16ClN3O2S. The van der Waals surface area contributed by atoms with Crippen LogP contribution >= 0.6 is 22.9 Å². The molecule has 1 atom stereocenters. The van der Waals surface area contributed by atoms with Crippen LogP contribution in [-0.4, -0.2) is 21.8 Å². The first kappa shape index (κ1) is 16.5. The molecule has 24 heavy (non-hydrogen) atoms. The van der Waals surface area contributed by atoms with Gasteiger partial charge in [-0.2, -0.15) is 5.10 Å². The van der Waals surface area contributed by atoms with E-state index < -0.39 is 6.10 Å². The summed E-state index contributed by atoms with van der Waals surface area (Å²) in [5.41, 5.74) is 0. The number of nitrogens with zero attached hydrogens (tertiary/aromatic N) is 2. The van der Waals surface area contributed by atoms with E-state index in [1.165, 1.54) is 0 Å². The Hall–Kier alpha value is -2.31. The lowest BCUT2D eigenvalue weighted by molar-refractivity contribution is -0.122. The van der Waals surface area contributed by atoms with E-state index in [2.05, 4.69) is 10.4 Å². The number of hydrogen-bond donors (Lipinski definition) is 1. The van der Waals surface area contributed by atoms with Gasteiger partial charge in [-0.3, -0.25) is 4.79 Å². The SMILES string of the molecule is C[C@@H](Oc1ccccc1Cl)C(=O)Nc1ccnn1Cc1cccs1. The van der Waals surface area contributed by atoms with E-state index in [0.29, 0.717) is 23.1 Å². The van der Waals surface area contributed by atoms with Crippen molar-refractivity contribution in [1.29, 1.82) is 0 Å². The predicted octanol–water partition coefficient (Wildman–Crippen LogP) is 4.05. The van der Waals surface area contributed by atoms with E-state index in [-0.39, 0.29) is 5.91 Å². The maximum absolute atomic E-state index is 12.4. The predicted molar refractivity (Wildman–Crippen MR) is 95.8 cm³/mol. The molecule has 0 aliphatic rings. The van der Waals surface area contributed by atoms with E-state index >= 15 is 0 Å². The fourth-order valence-corrected chi connectivity index (χ4v) is 2.99. The molecule has 0 fully saturated rings. The lowest BCUT2D eigenvalue weighted by Gasteiger charge is -2.16. The molecule has 0 saturated carbocycles. The van der Waals surface area contributed by atoms with E-state index in [1.54, 1.807) is 47.3 Å². The summed E-state index contributed by atoms with van der Waals surface area (Å²) >= 11 is 7.70. The number of carbonyl (C=O) groups excluding carboxylic acids is 1. The summed E-state index contributed by atoms with van der Waals surface area (Å²) in [6.07, 6.45) is 0.970. The Bertz CT molecular complexity index is 817. The molecule has 124 valence electrons. The van der Waals surface area contributed by atoms with Crippen molar-refractivity contribution in [3.8, 4) is 5.75 Å². The number of carbonyl (C=O) groups is 1. The van der Waals surface area contributed by atoms with Crippen molar-refractivity contribution in [2.45, 2.75) is 19.6 Å². The van der Waals surface area contributed by atoms with Crippen LogP contribution in [0.2, 0.25) is 5.02 Å². The van der Waals surface area contributed by atoms with Crippen LogP contribution < -0.4 is 10.1 Å². The summed E-state index contributed by atoms with van der Waals surface area (Å²) in [5.74, 6) is 0.847. The summed E-state index contributed by atoms with van der Waals surface area (Å²) < 4.78 is 7.37. The molecule has 3 aromatic rings. The highest BCUT2D eigenvalue weighted by atomic mass is 35.5. The van der Waals surface area contributed by atoms with Crippen molar-refractivity contribution in [3.63, 3.8) is 0 Å². The van der Waals surface area contributed by atoms with Crippen LogP contribution in [0.5, 0.6) is 5.75 Å². The Balaban J connectivity index is 1.64. The lowest BCUT2D eigenvalue weighted by Crippen LogP contribution is -2.31. The van der Waals surface area contributed by atoms with Gasteiger partial charge in [0.15, 0.2) is 6.10 Å². The largest absolute Gasteiger partial charge is 0.479 e. The number of nitrogens with one attached hydrogen (secondary N) is 1. The Morgan fingerprint density at radius 2 is 2.17 bits per heavy atom. The summed E-state index contributed by atoms with van der Waals surface area (Å²) in [6, 6.07) is 12.8. The smallest absolute Gasteiger partial charge is 0.266 e. The summed E-state index contributed by atoms with van der Waals surface area (Å²) in [6.45, 7) is 2.29. The number of aromatic nitrogens is 2. The maximum atomic E-state index is 12.4. The number of anilines is 1. The van der Waals surface area contributed by atoms with Crippen molar-refractivity contribution in [3.05, 3.63) is 63.9 Å². The van der Waals surface area contributed by atoms with E-state index in [9.17, 15) is 4.79 Å². The molecule has 0 saturated heterocycles. The van der Waals surface area contributed by atoms with Crippen LogP contribution in [0.25, 0.3) is 0 Å². The van der Waals surface area contributed by atoms with Gasteiger partial charge in [0.25, 0.3) is 5.91 Å². The van der Waals surface area contributed by atoms with Gasteiger partial charge in [-0.25, -0.2) is 4.68 Å². The Morgan fingerprint density at radius 3 is 2.92 bits per heavy atom. The second kappa shape index (κ2) is 7.51. The molecule has 0 aliphatic heterocycles. The monoisotopic (exact) mass is 361 g/mol. The Kier molecular flexibility index (Phi) is 5.17. The van der Waals surface area contributed by atoms with Crippen LogP contribution in [0.4, 0.5) is 5.82 Å². The number of benzene rings is 1. The minimum absolute atomic E-state index is 0.261. The lowest BCUT2D eigenvalue weighted by atomic mass is 10.3. The van der Waals surface area contributed by atoms with E-state index in [4.69, 9.17) is 16.3 Å². The molecule has 0 bridgehead atoms. The molecule has 7 heteroatoms. The molecule has 0 aliphatic carbocycles. The second-order valence-electron chi connectivity index (χ2n) is 5.13. The zero-order valence-corrected chi connectivity index (χ0v) is 14.6. The number of hydrogen-bond acceptors (Lipinski definition) is 4. The quantitative estimate of drug-likeness (QED) is 0.720. The fourth-order valence-electron chi connectivity index (χ4n) is 2.13. The van der Waals surface area contributed by atoms with Crippen LogP contribution in [0, 0.1) is 0 Å². The minimum atomic E-state index is -0.685. The number of halogens is 1. The zero-order valence-electron chi connectivity index (χ0n) is 13.0. The summed E-state index contributed by atoms with van der Waals surface area (Å²) in [4.78, 5) is 13.5. The first-order chi connectivity index (χ1) is 11.6. The van der Waals surface area contributed by atoms with Gasteiger partial charge < -0.3 is 10.1 Å². The van der Waals surface area contributed by atoms with Gasteiger partial charge in [0.05, 0.1) is 17.8 Å². The molecular weight excluding hydrogens is 346 g/mol. The van der Waals surface area contributed by atoms with Gasteiger partial charge >= 0.3 is 0 Å². The number of rotatable bonds is 6. The van der Waals surface area contributed by atoms with Gasteiger partial charge in [0.1, 0.15) is 11.6 Å². The van der Waals surface area contributed by atoms with Gasteiger partial charge in [-0.15, -0.1) is 11.3 Å². The molecule has 1 N–H and O–H groups in total. The molecule has 5 nitrogen and oxygen atoms in total. The standard InChI is InChI=1S/C17H16ClN3O2S/c1-12(23-15-7-3-2-6-14(15)18)17(22)20-16-8-9-19-21(16)11-13-5-4-10-24-13/h2-10,12H,11H2,1H3,(H,20,22)/t12-/m1/s1. The van der Waals surface area contributed by atoms with Crippen molar-refractivity contribution in [2.24, 2.45) is 0 Å². The van der Waals surface area contributed by atoms with Crippen molar-refractivity contribution < 1.29 is 9.53 Å². The van der Waals surface area contributed by atoms with Crippen molar-refractivity contribution in [1.82, 2.24) is 9.78 Å². The van der Waals surface area contributed by atoms with Gasteiger partial charge in [-0.1, -0.05) is 29.8 Å². The molecule has 1 aromatic carbocycles. The molecule has 2 aromatic heterocycles. The highest BCUT2D eigenvalue weighted by molar-refractivity contribution is 7.09. The van der Waals surface area contributed by atoms with Gasteiger partial charge in [0, 0.05) is 10.9 Å². The van der Waals surface area contributed by atoms with Crippen LogP contribution in [0.3, 0.4) is 0 Å². The second-order valence-corrected chi connectivity index (χ2v) is 6.57. The number of thiophene rings is 1. The highest BCUT2D eigenvalue weighted by Gasteiger charge is 2.18. The van der Waals surface area contributed by atoms with Crippen molar-refractivity contribution in [2.75, 3.05) is 5.32 Å². The van der Waals surface area contributed by atoms with Crippen LogP contribution in [-0.2, 0) is 11.3 Å². The molecule has 2 heterocycles. The molecule has 0 radical (unpaired) electrons. The molecule has 3 rings (SSSR count). The third-order valence-corrected chi connectivity index (χ3v) is 4.54. The summed E-state index contributed by atoms with van der Waals surface area (Å²) in [7, 11) is 0. The van der Waals surface area contributed by atoms with Gasteiger partial charge in [0.2, 0.25) is 0 Å². The zero-order chi connectivity index (χ0) is 16.9. The van der Waals surface area contributed by atoms with Crippen LogP contribution in [0.15, 0.2) is 54.0 Å². The molecule has 0 spiro atoms. The summed E-state index contributed by atoms with van der Waals surface area (Å²) in [5, 5.41) is 9.57. The number of para-hydroxylation sites is 1. The average Bonchev–Trinajstić information content (AvgIpc) is 3.22. The third kappa shape index (κ3) is 3.96. The van der Waals surface area contributed by atoms with Gasteiger partial charge in [-0.05, 0) is 30.5 Å². The van der Waals surface area contributed by atoms with E-state index in [1.807, 2.05) is 29.6 Å². The number of amides is 1. The first-order valence-corrected chi connectivity index (χ1v) is 8.65. The Morgan fingerprint density at radius 1 is 1.33 bits per heavy atom. The first-order valence-electron chi connectivity index (χ1n) is 7.40. The Labute approximate surface area is 148 Å². The topological polar surface area (TPSA) is 56.1 Å². The fraction of sp³-hybridized carbons (Fsp3) is 0.176. The molecule has 1 amide bonds. The normalized spacial score (nSPS) is 11.9. The van der Waals surface area contributed by atoms with Crippen LogP contribution in [0.1, 0.15) is 11.8 Å². The third-order valence-electron chi connectivity index (χ3n) is 3.36. The van der Waals surface area contributed by atoms with E-state index in [0.717, 1.165) is 4.88 Å². The number of ether oxygens (including phenoxy) is 1. The average molecular weight is 362 g/mol. The minimum Gasteiger partial charge on any atom is -0.479 e. The molecule has 0 unspecified atom stereocenters. The highest BCUT2D eigenvalue weighted by Crippen LogP contribution is 2.24. The van der Waals surface area contributed by atoms with Crippen molar-refractivity contribution >= 4 is 34.7 Å².